The van der Waals surface area contributed by atoms with Crippen LogP contribution in [0.25, 0.3) is 0 Å². The monoisotopic (exact) mass is 213 g/mol. The third kappa shape index (κ3) is 3.75. The summed E-state index contributed by atoms with van der Waals surface area (Å²) >= 11 is 0. The SMILES string of the molecule is CCCCn1nc(NCCOC)nc1N. The zero-order chi connectivity index (χ0) is 11.1. The second-order valence-electron chi connectivity index (χ2n) is 3.29. The van der Waals surface area contributed by atoms with E-state index in [-0.39, 0.29) is 0 Å². The molecule has 15 heavy (non-hydrogen) atoms. The van der Waals surface area contributed by atoms with Gasteiger partial charge < -0.3 is 15.8 Å². The number of nitrogens with one attached hydrogen (secondary N) is 1. The molecule has 1 aromatic heterocycles. The van der Waals surface area contributed by atoms with Gasteiger partial charge >= 0.3 is 0 Å². The van der Waals surface area contributed by atoms with E-state index in [0.717, 1.165) is 19.4 Å². The van der Waals surface area contributed by atoms with Crippen molar-refractivity contribution >= 4 is 11.9 Å². The number of ether oxygens (including phenoxy) is 1. The summed E-state index contributed by atoms with van der Waals surface area (Å²) in [4.78, 5) is 4.10. The van der Waals surface area contributed by atoms with Crippen LogP contribution in [0.1, 0.15) is 19.8 Å². The van der Waals surface area contributed by atoms with Crippen molar-refractivity contribution in [1.29, 1.82) is 0 Å². The number of unbranched alkanes of at least 4 members (excludes halogenated alkanes) is 1. The second-order valence-corrected chi connectivity index (χ2v) is 3.29. The van der Waals surface area contributed by atoms with E-state index in [1.54, 1.807) is 11.8 Å². The zero-order valence-corrected chi connectivity index (χ0v) is 9.36. The van der Waals surface area contributed by atoms with Crippen LogP contribution < -0.4 is 11.1 Å². The molecule has 0 radical (unpaired) electrons. The van der Waals surface area contributed by atoms with Gasteiger partial charge in [0.1, 0.15) is 0 Å². The third-order valence-electron chi connectivity index (χ3n) is 2.01. The van der Waals surface area contributed by atoms with E-state index in [2.05, 4.69) is 22.3 Å². The van der Waals surface area contributed by atoms with Crippen LogP contribution in [0.4, 0.5) is 11.9 Å². The second kappa shape index (κ2) is 6.23. The van der Waals surface area contributed by atoms with Crippen molar-refractivity contribution in [3.8, 4) is 0 Å². The highest BCUT2D eigenvalue weighted by atomic mass is 16.5. The minimum Gasteiger partial charge on any atom is -0.383 e. The minimum atomic E-state index is 0.461. The molecular formula is C9H19N5O. The van der Waals surface area contributed by atoms with E-state index in [9.17, 15) is 0 Å². The fourth-order valence-corrected chi connectivity index (χ4v) is 1.17. The van der Waals surface area contributed by atoms with Gasteiger partial charge in [0.25, 0.3) is 0 Å². The topological polar surface area (TPSA) is 78.0 Å². The van der Waals surface area contributed by atoms with E-state index in [0.29, 0.717) is 25.0 Å². The molecule has 0 aliphatic carbocycles. The fraction of sp³-hybridized carbons (Fsp3) is 0.778. The molecule has 0 bridgehead atoms. The Kier molecular flexibility index (Phi) is 4.89. The van der Waals surface area contributed by atoms with E-state index in [1.807, 2.05) is 0 Å². The van der Waals surface area contributed by atoms with Crippen LogP contribution in [-0.2, 0) is 11.3 Å². The highest BCUT2D eigenvalue weighted by Gasteiger charge is 2.04. The Morgan fingerprint density at radius 3 is 3.00 bits per heavy atom. The summed E-state index contributed by atoms with van der Waals surface area (Å²) in [6.07, 6.45) is 2.18. The standard InChI is InChI=1S/C9H19N5O/c1-3-4-6-14-8(10)12-9(13-14)11-5-7-15-2/h3-7H2,1-2H3,(H3,10,11,12,13). The molecule has 0 aliphatic heterocycles. The fourth-order valence-electron chi connectivity index (χ4n) is 1.17. The van der Waals surface area contributed by atoms with Crippen LogP contribution in [0, 0.1) is 0 Å². The molecule has 0 unspecified atom stereocenters. The summed E-state index contributed by atoms with van der Waals surface area (Å²) < 4.78 is 6.63. The van der Waals surface area contributed by atoms with Crippen molar-refractivity contribution in [3.05, 3.63) is 0 Å². The lowest BCUT2D eigenvalue weighted by Crippen LogP contribution is -2.09. The summed E-state index contributed by atoms with van der Waals surface area (Å²) in [5, 5.41) is 7.27. The van der Waals surface area contributed by atoms with E-state index < -0.39 is 0 Å². The van der Waals surface area contributed by atoms with Crippen molar-refractivity contribution in [2.45, 2.75) is 26.3 Å². The smallest absolute Gasteiger partial charge is 0.244 e. The summed E-state index contributed by atoms with van der Waals surface area (Å²) in [6.45, 7) is 4.27. The molecule has 0 saturated heterocycles. The summed E-state index contributed by atoms with van der Waals surface area (Å²) in [7, 11) is 1.66. The van der Waals surface area contributed by atoms with Crippen LogP contribution in [0.5, 0.6) is 0 Å². The lowest BCUT2D eigenvalue weighted by Gasteiger charge is -2.00. The quantitative estimate of drug-likeness (QED) is 0.652. The minimum absolute atomic E-state index is 0.461. The number of nitrogens with two attached hydrogens (primary N) is 1. The Hall–Kier alpha value is -1.30. The molecule has 0 amide bonds. The number of methoxy groups -OCH3 is 1. The molecule has 3 N–H and O–H groups in total. The lowest BCUT2D eigenvalue weighted by atomic mass is 10.3. The van der Waals surface area contributed by atoms with Crippen LogP contribution in [-0.4, -0.2) is 35.0 Å². The van der Waals surface area contributed by atoms with E-state index >= 15 is 0 Å². The van der Waals surface area contributed by atoms with E-state index in [1.165, 1.54) is 0 Å². The maximum Gasteiger partial charge on any atom is 0.244 e. The van der Waals surface area contributed by atoms with Crippen molar-refractivity contribution in [2.75, 3.05) is 31.3 Å². The molecule has 0 atom stereocenters. The number of hydrogen-bond donors (Lipinski definition) is 2. The number of aromatic nitrogens is 3. The molecule has 0 aromatic carbocycles. The van der Waals surface area contributed by atoms with Gasteiger partial charge in [0.05, 0.1) is 6.61 Å². The summed E-state index contributed by atoms with van der Waals surface area (Å²) in [5.41, 5.74) is 5.70. The number of aryl methyl sites for hydroxylation is 1. The normalized spacial score (nSPS) is 10.5. The summed E-state index contributed by atoms with van der Waals surface area (Å²) in [5.74, 6) is 1.03. The van der Waals surface area contributed by atoms with Crippen LogP contribution in [0.2, 0.25) is 0 Å². The van der Waals surface area contributed by atoms with Crippen molar-refractivity contribution in [3.63, 3.8) is 0 Å². The maximum atomic E-state index is 5.70. The van der Waals surface area contributed by atoms with Crippen LogP contribution >= 0.6 is 0 Å². The Morgan fingerprint density at radius 2 is 2.33 bits per heavy atom. The maximum absolute atomic E-state index is 5.70. The van der Waals surface area contributed by atoms with Crippen LogP contribution in [0.15, 0.2) is 0 Å². The van der Waals surface area contributed by atoms with Crippen LogP contribution in [0.3, 0.4) is 0 Å². The number of nitrogen functional groups attached to an aromatic ring is 1. The molecule has 0 aliphatic rings. The first-order valence-electron chi connectivity index (χ1n) is 5.21. The Bertz CT molecular complexity index is 286. The van der Waals surface area contributed by atoms with Gasteiger partial charge in [-0.2, -0.15) is 4.98 Å². The van der Waals surface area contributed by atoms with E-state index in [4.69, 9.17) is 10.5 Å². The zero-order valence-electron chi connectivity index (χ0n) is 9.36. The van der Waals surface area contributed by atoms with Crippen molar-refractivity contribution in [1.82, 2.24) is 14.8 Å². The van der Waals surface area contributed by atoms with Gasteiger partial charge in [-0.1, -0.05) is 13.3 Å². The molecule has 1 rings (SSSR count). The summed E-state index contributed by atoms with van der Waals surface area (Å²) in [6, 6.07) is 0. The molecule has 0 saturated carbocycles. The predicted octanol–water partition coefficient (Wildman–Crippen LogP) is 0.719. The average Bonchev–Trinajstić information content (AvgIpc) is 2.57. The first-order chi connectivity index (χ1) is 7.27. The number of hydrogen-bond acceptors (Lipinski definition) is 5. The van der Waals surface area contributed by atoms with Crippen molar-refractivity contribution in [2.24, 2.45) is 0 Å². The lowest BCUT2D eigenvalue weighted by molar-refractivity contribution is 0.210. The van der Waals surface area contributed by atoms with Gasteiger partial charge in [0, 0.05) is 20.2 Å². The molecule has 6 heteroatoms. The highest BCUT2D eigenvalue weighted by molar-refractivity contribution is 5.31. The predicted molar refractivity (Wildman–Crippen MR) is 59.7 cm³/mol. The molecule has 1 aromatic rings. The first kappa shape index (κ1) is 11.8. The highest BCUT2D eigenvalue weighted by Crippen LogP contribution is 2.06. The number of rotatable bonds is 7. The van der Waals surface area contributed by atoms with Gasteiger partial charge in [-0.05, 0) is 6.42 Å². The Balaban J connectivity index is 2.45. The van der Waals surface area contributed by atoms with Crippen molar-refractivity contribution < 1.29 is 4.74 Å². The van der Waals surface area contributed by atoms with Gasteiger partial charge in [-0.15, -0.1) is 5.10 Å². The third-order valence-corrected chi connectivity index (χ3v) is 2.01. The number of anilines is 2. The molecule has 6 nitrogen and oxygen atoms in total. The Labute approximate surface area is 89.8 Å². The molecule has 1 heterocycles. The molecule has 0 fully saturated rings. The first-order valence-corrected chi connectivity index (χ1v) is 5.21. The molecular weight excluding hydrogens is 194 g/mol. The van der Waals surface area contributed by atoms with Gasteiger partial charge in [0.15, 0.2) is 0 Å². The molecule has 0 spiro atoms. The molecule has 86 valence electrons. The van der Waals surface area contributed by atoms with Gasteiger partial charge in [-0.3, -0.25) is 0 Å². The van der Waals surface area contributed by atoms with Gasteiger partial charge in [-0.25, -0.2) is 4.68 Å². The average molecular weight is 213 g/mol. The van der Waals surface area contributed by atoms with Gasteiger partial charge in [0.2, 0.25) is 11.9 Å². The number of nitrogens with zero attached hydrogens (tertiary/aromatic N) is 3. The Morgan fingerprint density at radius 1 is 1.53 bits per heavy atom. The largest absolute Gasteiger partial charge is 0.383 e.